The zero-order chi connectivity index (χ0) is 31.2. The van der Waals surface area contributed by atoms with Crippen molar-refractivity contribution in [2.24, 2.45) is 5.41 Å². The van der Waals surface area contributed by atoms with Gasteiger partial charge in [0.1, 0.15) is 0 Å². The highest BCUT2D eigenvalue weighted by Crippen LogP contribution is 2.48. The summed E-state index contributed by atoms with van der Waals surface area (Å²) in [6, 6.07) is 19.4. The lowest BCUT2D eigenvalue weighted by molar-refractivity contribution is -0.137. The minimum absolute atomic E-state index is 0.0466. The van der Waals surface area contributed by atoms with E-state index in [-0.39, 0.29) is 23.7 Å². The number of anilines is 3. The SMILES string of the molecule is CC1(C)CC(=O)C2=C(C1)Nc1ccccc1N(CC(=O)N1CCN(c3cccc(Cl)c3)CC1)C2c1ccc(C(F)(F)F)cc1. The summed E-state index contributed by atoms with van der Waals surface area (Å²) in [6.45, 7) is 6.30. The predicted molar refractivity (Wildman–Crippen MR) is 167 cm³/mol. The maximum atomic E-state index is 14.0. The molecule has 1 saturated heterocycles. The van der Waals surface area contributed by atoms with Crippen molar-refractivity contribution < 1.29 is 22.8 Å². The molecule has 230 valence electrons. The number of halogens is 4. The van der Waals surface area contributed by atoms with Crippen LogP contribution in [-0.4, -0.2) is 49.3 Å². The van der Waals surface area contributed by atoms with Gasteiger partial charge in [0.2, 0.25) is 5.91 Å². The van der Waals surface area contributed by atoms with E-state index in [2.05, 4.69) is 10.2 Å². The van der Waals surface area contributed by atoms with E-state index < -0.39 is 17.8 Å². The molecule has 1 unspecified atom stereocenters. The van der Waals surface area contributed by atoms with Gasteiger partial charge in [-0.05, 0) is 59.9 Å². The first-order chi connectivity index (χ1) is 20.9. The fraction of sp³-hybridized carbons (Fsp3) is 0.353. The summed E-state index contributed by atoms with van der Waals surface area (Å²) < 4.78 is 40.5. The Labute approximate surface area is 260 Å². The summed E-state index contributed by atoms with van der Waals surface area (Å²) in [7, 11) is 0. The number of fused-ring (bicyclic) bond motifs is 1. The molecule has 10 heteroatoms. The number of para-hydroxylation sites is 2. The molecule has 2 aliphatic heterocycles. The minimum atomic E-state index is -4.49. The average molecular weight is 623 g/mol. The molecule has 3 aromatic rings. The van der Waals surface area contributed by atoms with E-state index in [1.165, 1.54) is 12.1 Å². The molecular weight excluding hydrogens is 589 g/mol. The number of allylic oxidation sites excluding steroid dienone is 1. The predicted octanol–water partition coefficient (Wildman–Crippen LogP) is 7.32. The van der Waals surface area contributed by atoms with E-state index in [1.54, 1.807) is 0 Å². The van der Waals surface area contributed by atoms with Gasteiger partial charge in [-0.15, -0.1) is 0 Å². The second-order valence-electron chi connectivity index (χ2n) is 12.5. The lowest BCUT2D eigenvalue weighted by Crippen LogP contribution is -2.52. The summed E-state index contributed by atoms with van der Waals surface area (Å²) in [6.07, 6.45) is -3.60. The number of carbonyl (C=O) groups is 2. The van der Waals surface area contributed by atoms with Gasteiger partial charge in [0.15, 0.2) is 5.78 Å². The lowest BCUT2D eigenvalue weighted by atomic mass is 9.73. The molecule has 0 aromatic heterocycles. The highest BCUT2D eigenvalue weighted by molar-refractivity contribution is 6.30. The molecule has 3 aliphatic rings. The van der Waals surface area contributed by atoms with Crippen molar-refractivity contribution in [1.29, 1.82) is 0 Å². The maximum Gasteiger partial charge on any atom is 0.416 e. The number of rotatable bonds is 4. The highest BCUT2D eigenvalue weighted by atomic mass is 35.5. The van der Waals surface area contributed by atoms with Crippen LogP contribution in [0.5, 0.6) is 0 Å². The molecule has 0 radical (unpaired) electrons. The van der Waals surface area contributed by atoms with Crippen LogP contribution in [0.4, 0.5) is 30.2 Å². The van der Waals surface area contributed by atoms with Crippen molar-refractivity contribution in [1.82, 2.24) is 4.90 Å². The molecule has 0 saturated carbocycles. The first kappa shape index (κ1) is 30.1. The molecule has 6 rings (SSSR count). The molecule has 3 aromatic carbocycles. The Morgan fingerprint density at radius 1 is 0.955 bits per heavy atom. The Hall–Kier alpha value is -3.98. The van der Waals surface area contributed by atoms with Gasteiger partial charge in [0.05, 0.1) is 29.5 Å². The van der Waals surface area contributed by atoms with Gasteiger partial charge in [0.25, 0.3) is 0 Å². The number of amides is 1. The second kappa shape index (κ2) is 11.5. The van der Waals surface area contributed by atoms with Crippen molar-refractivity contribution in [3.05, 3.63) is 100 Å². The number of nitrogens with one attached hydrogen (secondary N) is 1. The smallest absolute Gasteiger partial charge is 0.368 e. The number of piperazine rings is 1. The number of hydrogen-bond donors (Lipinski definition) is 1. The molecule has 1 atom stereocenters. The molecular formula is C34H34ClF3N4O2. The number of carbonyl (C=O) groups excluding carboxylic acids is 2. The van der Waals surface area contributed by atoms with Crippen LogP contribution < -0.4 is 15.1 Å². The fourth-order valence-corrected chi connectivity index (χ4v) is 6.75. The van der Waals surface area contributed by atoms with E-state index in [4.69, 9.17) is 11.6 Å². The molecule has 0 spiro atoms. The van der Waals surface area contributed by atoms with Crippen molar-refractivity contribution in [2.75, 3.05) is 47.8 Å². The van der Waals surface area contributed by atoms with E-state index in [9.17, 15) is 22.8 Å². The number of alkyl halides is 3. The summed E-state index contributed by atoms with van der Waals surface area (Å²) >= 11 is 6.19. The molecule has 6 nitrogen and oxygen atoms in total. The van der Waals surface area contributed by atoms with Gasteiger partial charge < -0.3 is 20.0 Å². The normalized spacial score (nSPS) is 20.1. The molecule has 0 bridgehead atoms. The van der Waals surface area contributed by atoms with Crippen LogP contribution in [0.3, 0.4) is 0 Å². The lowest BCUT2D eigenvalue weighted by Gasteiger charge is -2.40. The molecule has 44 heavy (non-hydrogen) atoms. The molecule has 2 heterocycles. The highest BCUT2D eigenvalue weighted by Gasteiger charge is 2.42. The van der Waals surface area contributed by atoms with Crippen molar-refractivity contribution in [2.45, 2.75) is 38.9 Å². The Morgan fingerprint density at radius 3 is 2.34 bits per heavy atom. The molecule has 1 amide bonds. The molecule has 1 N–H and O–H groups in total. The van der Waals surface area contributed by atoms with Crippen molar-refractivity contribution in [3.8, 4) is 0 Å². The third kappa shape index (κ3) is 6.02. The second-order valence-corrected chi connectivity index (χ2v) is 12.9. The fourth-order valence-electron chi connectivity index (χ4n) is 6.56. The van der Waals surface area contributed by atoms with Gasteiger partial charge in [-0.2, -0.15) is 13.2 Å². The van der Waals surface area contributed by atoms with E-state index in [1.807, 2.05) is 72.2 Å². The van der Waals surface area contributed by atoms with Crippen LogP contribution in [0.2, 0.25) is 5.02 Å². The van der Waals surface area contributed by atoms with E-state index >= 15 is 0 Å². The molecule has 1 aliphatic carbocycles. The molecule has 1 fully saturated rings. The number of Topliss-reactive ketones (excluding diaryl/α,β-unsaturated/α-hetero) is 1. The standard InChI is InChI=1S/C34H34ClF3N4O2/c1-33(2)19-27-31(29(43)20-33)32(22-10-12-23(13-11-22)34(36,37)38)42(28-9-4-3-8-26(28)39-27)21-30(44)41-16-14-40(15-17-41)25-7-5-6-24(35)18-25/h3-13,18,32,39H,14-17,19-21H2,1-2H3. The topological polar surface area (TPSA) is 55.9 Å². The van der Waals surface area contributed by atoms with Gasteiger partial charge in [-0.25, -0.2) is 0 Å². The van der Waals surface area contributed by atoms with Gasteiger partial charge in [-0.3, -0.25) is 9.59 Å². The first-order valence-electron chi connectivity index (χ1n) is 14.7. The van der Waals surface area contributed by atoms with Crippen LogP contribution in [0, 0.1) is 5.41 Å². The van der Waals surface area contributed by atoms with Gasteiger partial charge in [0, 0.05) is 54.6 Å². The summed E-state index contributed by atoms with van der Waals surface area (Å²) in [5.74, 6) is -0.191. The number of benzene rings is 3. The minimum Gasteiger partial charge on any atom is -0.368 e. The largest absolute Gasteiger partial charge is 0.416 e. The van der Waals surface area contributed by atoms with Gasteiger partial charge >= 0.3 is 6.18 Å². The Bertz CT molecular complexity index is 1610. The van der Waals surface area contributed by atoms with Crippen LogP contribution in [0.1, 0.15) is 43.9 Å². The zero-order valence-electron chi connectivity index (χ0n) is 24.6. The third-order valence-corrected chi connectivity index (χ3v) is 8.90. The summed E-state index contributed by atoms with van der Waals surface area (Å²) in [5.41, 5.74) is 3.16. The van der Waals surface area contributed by atoms with Crippen molar-refractivity contribution >= 4 is 40.4 Å². The quantitative estimate of drug-likeness (QED) is 0.330. The van der Waals surface area contributed by atoms with Crippen molar-refractivity contribution in [3.63, 3.8) is 0 Å². The summed E-state index contributed by atoms with van der Waals surface area (Å²) in [4.78, 5) is 33.7. The monoisotopic (exact) mass is 622 g/mol. The zero-order valence-corrected chi connectivity index (χ0v) is 25.4. The maximum absolute atomic E-state index is 14.0. The Morgan fingerprint density at radius 2 is 1.66 bits per heavy atom. The van der Waals surface area contributed by atoms with E-state index in [0.717, 1.165) is 29.2 Å². The van der Waals surface area contributed by atoms with Crippen LogP contribution in [0.15, 0.2) is 84.1 Å². The Kier molecular flexibility index (Phi) is 7.86. The van der Waals surface area contributed by atoms with Crippen LogP contribution >= 0.6 is 11.6 Å². The number of ketones is 1. The van der Waals surface area contributed by atoms with Crippen LogP contribution in [0.25, 0.3) is 0 Å². The van der Waals surface area contributed by atoms with Gasteiger partial charge in [-0.1, -0.05) is 55.8 Å². The average Bonchev–Trinajstić information content (AvgIpc) is 3.10. The van der Waals surface area contributed by atoms with Crippen LogP contribution in [-0.2, 0) is 15.8 Å². The summed E-state index contributed by atoms with van der Waals surface area (Å²) in [5, 5.41) is 4.14. The number of nitrogens with zero attached hydrogens (tertiary/aromatic N) is 3. The first-order valence-corrected chi connectivity index (χ1v) is 15.1. The number of hydrogen-bond acceptors (Lipinski definition) is 5. The third-order valence-electron chi connectivity index (χ3n) is 8.67. The van der Waals surface area contributed by atoms with E-state index in [0.29, 0.717) is 60.9 Å². The Balaban J connectivity index is 1.36.